The van der Waals surface area contributed by atoms with Crippen molar-refractivity contribution < 1.29 is 4.74 Å². The van der Waals surface area contributed by atoms with Crippen molar-refractivity contribution in [3.05, 3.63) is 0 Å². The molecule has 1 aliphatic carbocycles. The van der Waals surface area contributed by atoms with Crippen LogP contribution >= 0.6 is 0 Å². The van der Waals surface area contributed by atoms with E-state index in [0.29, 0.717) is 5.41 Å². The van der Waals surface area contributed by atoms with E-state index in [1.807, 2.05) is 0 Å². The molecular weight excluding hydrogens is 198 g/mol. The van der Waals surface area contributed by atoms with E-state index in [1.165, 1.54) is 38.5 Å². The van der Waals surface area contributed by atoms with Gasteiger partial charge in [0.1, 0.15) is 0 Å². The Hall–Kier alpha value is -0.0800. The first-order valence-electron chi connectivity index (χ1n) is 6.76. The van der Waals surface area contributed by atoms with Gasteiger partial charge < -0.3 is 10.1 Å². The minimum Gasteiger partial charge on any atom is -0.376 e. The molecule has 0 bridgehead atoms. The van der Waals surface area contributed by atoms with Gasteiger partial charge in [0.15, 0.2) is 0 Å². The fourth-order valence-electron chi connectivity index (χ4n) is 2.77. The molecule has 0 spiro atoms. The van der Waals surface area contributed by atoms with E-state index in [1.54, 1.807) is 0 Å². The third-order valence-electron chi connectivity index (χ3n) is 3.63. The average molecular weight is 227 g/mol. The molecular formula is C14H29NO. The van der Waals surface area contributed by atoms with E-state index in [0.717, 1.165) is 13.2 Å². The first-order chi connectivity index (χ1) is 7.47. The number of ether oxygens (including phenoxy) is 1. The van der Waals surface area contributed by atoms with E-state index >= 15 is 0 Å². The van der Waals surface area contributed by atoms with E-state index < -0.39 is 0 Å². The molecule has 0 aromatic carbocycles. The van der Waals surface area contributed by atoms with Crippen LogP contribution in [0.5, 0.6) is 0 Å². The molecule has 0 unspecified atom stereocenters. The molecule has 0 saturated heterocycles. The minimum absolute atomic E-state index is 0.00942. The smallest absolute Gasteiger partial charge is 0.0598 e. The maximum absolute atomic E-state index is 5.88. The lowest BCUT2D eigenvalue weighted by Crippen LogP contribution is -2.36. The van der Waals surface area contributed by atoms with Gasteiger partial charge in [-0.15, -0.1) is 0 Å². The predicted molar refractivity (Wildman–Crippen MR) is 69.8 cm³/mol. The molecule has 1 fully saturated rings. The molecule has 1 rings (SSSR count). The molecule has 1 N–H and O–H groups in total. The van der Waals surface area contributed by atoms with Crippen molar-refractivity contribution >= 4 is 0 Å². The molecule has 2 heteroatoms. The van der Waals surface area contributed by atoms with Crippen molar-refractivity contribution in [2.24, 2.45) is 5.41 Å². The van der Waals surface area contributed by atoms with Crippen LogP contribution in [0.1, 0.15) is 59.3 Å². The van der Waals surface area contributed by atoms with Crippen LogP contribution in [0.3, 0.4) is 0 Å². The van der Waals surface area contributed by atoms with E-state index in [2.05, 4.69) is 33.1 Å². The standard InChI is InChI=1S/C14H29NO/c1-13(2,3)16-11-10-14(12-15-4)8-6-5-7-9-14/h15H,5-12H2,1-4H3. The summed E-state index contributed by atoms with van der Waals surface area (Å²) in [6.45, 7) is 8.47. The van der Waals surface area contributed by atoms with Crippen LogP contribution in [0.2, 0.25) is 0 Å². The Balaban J connectivity index is 2.38. The van der Waals surface area contributed by atoms with Gasteiger partial charge in [0.25, 0.3) is 0 Å². The summed E-state index contributed by atoms with van der Waals surface area (Å²) >= 11 is 0. The zero-order valence-corrected chi connectivity index (χ0v) is 11.6. The summed E-state index contributed by atoms with van der Waals surface area (Å²) in [5, 5.41) is 3.37. The highest BCUT2D eigenvalue weighted by atomic mass is 16.5. The number of hydrogen-bond donors (Lipinski definition) is 1. The van der Waals surface area contributed by atoms with Crippen LogP contribution < -0.4 is 5.32 Å². The normalized spacial score (nSPS) is 21.0. The van der Waals surface area contributed by atoms with Gasteiger partial charge in [0.2, 0.25) is 0 Å². The van der Waals surface area contributed by atoms with Crippen LogP contribution in [-0.2, 0) is 4.74 Å². The van der Waals surface area contributed by atoms with Crippen molar-refractivity contribution in [3.63, 3.8) is 0 Å². The summed E-state index contributed by atoms with van der Waals surface area (Å²) in [5.41, 5.74) is 0.522. The fraction of sp³-hybridized carbons (Fsp3) is 1.00. The molecule has 1 aliphatic rings. The lowest BCUT2D eigenvalue weighted by molar-refractivity contribution is -0.0234. The SMILES string of the molecule is CNCC1(CCOC(C)(C)C)CCCCC1. The zero-order valence-electron chi connectivity index (χ0n) is 11.6. The van der Waals surface area contributed by atoms with E-state index in [4.69, 9.17) is 4.74 Å². The van der Waals surface area contributed by atoms with E-state index in [-0.39, 0.29) is 5.60 Å². The van der Waals surface area contributed by atoms with Crippen LogP contribution in [0.15, 0.2) is 0 Å². The Bertz CT molecular complexity index is 184. The van der Waals surface area contributed by atoms with E-state index in [9.17, 15) is 0 Å². The largest absolute Gasteiger partial charge is 0.376 e. The van der Waals surface area contributed by atoms with Crippen molar-refractivity contribution in [1.29, 1.82) is 0 Å². The maximum atomic E-state index is 5.88. The lowest BCUT2D eigenvalue weighted by atomic mass is 9.72. The molecule has 2 nitrogen and oxygen atoms in total. The molecule has 1 saturated carbocycles. The second-order valence-corrected chi connectivity index (χ2v) is 6.30. The maximum Gasteiger partial charge on any atom is 0.0598 e. The Morgan fingerprint density at radius 2 is 1.75 bits per heavy atom. The lowest BCUT2D eigenvalue weighted by Gasteiger charge is -2.38. The monoisotopic (exact) mass is 227 g/mol. The summed E-state index contributed by atoms with van der Waals surface area (Å²) in [5.74, 6) is 0. The van der Waals surface area contributed by atoms with Crippen molar-refractivity contribution in [2.75, 3.05) is 20.2 Å². The molecule has 0 aromatic heterocycles. The second kappa shape index (κ2) is 6.02. The second-order valence-electron chi connectivity index (χ2n) is 6.30. The summed E-state index contributed by atoms with van der Waals surface area (Å²) in [6.07, 6.45) is 8.19. The van der Waals surface area contributed by atoms with Crippen LogP contribution in [0, 0.1) is 5.41 Å². The fourth-order valence-corrected chi connectivity index (χ4v) is 2.77. The molecule has 0 amide bonds. The topological polar surface area (TPSA) is 21.3 Å². The Morgan fingerprint density at radius 1 is 1.12 bits per heavy atom. The summed E-state index contributed by atoms with van der Waals surface area (Å²) < 4.78 is 5.88. The highest BCUT2D eigenvalue weighted by molar-refractivity contribution is 4.84. The van der Waals surface area contributed by atoms with Crippen molar-refractivity contribution in [3.8, 4) is 0 Å². The first-order valence-corrected chi connectivity index (χ1v) is 6.76. The Morgan fingerprint density at radius 3 is 2.25 bits per heavy atom. The quantitative estimate of drug-likeness (QED) is 0.777. The first kappa shape index (κ1) is 14.0. The number of nitrogens with one attached hydrogen (secondary N) is 1. The molecule has 0 radical (unpaired) electrons. The Labute approximate surface area is 101 Å². The van der Waals surface area contributed by atoms with Crippen LogP contribution in [0.25, 0.3) is 0 Å². The molecule has 16 heavy (non-hydrogen) atoms. The predicted octanol–water partition coefficient (Wildman–Crippen LogP) is 3.36. The van der Waals surface area contributed by atoms with Gasteiger partial charge in [-0.3, -0.25) is 0 Å². The average Bonchev–Trinajstić information content (AvgIpc) is 2.17. The Kier molecular flexibility index (Phi) is 5.26. The van der Waals surface area contributed by atoms with Crippen LogP contribution in [-0.4, -0.2) is 25.8 Å². The van der Waals surface area contributed by atoms with Gasteiger partial charge in [0.05, 0.1) is 5.60 Å². The van der Waals surface area contributed by atoms with Gasteiger partial charge in [-0.1, -0.05) is 19.3 Å². The summed E-state index contributed by atoms with van der Waals surface area (Å²) in [4.78, 5) is 0. The number of hydrogen-bond acceptors (Lipinski definition) is 2. The van der Waals surface area contributed by atoms with Gasteiger partial charge in [-0.2, -0.15) is 0 Å². The molecule has 0 aliphatic heterocycles. The van der Waals surface area contributed by atoms with Crippen molar-refractivity contribution in [1.82, 2.24) is 5.32 Å². The highest BCUT2D eigenvalue weighted by Gasteiger charge is 2.31. The van der Waals surface area contributed by atoms with Crippen LogP contribution in [0.4, 0.5) is 0 Å². The van der Waals surface area contributed by atoms with Crippen molar-refractivity contribution in [2.45, 2.75) is 64.9 Å². The van der Waals surface area contributed by atoms with Gasteiger partial charge >= 0.3 is 0 Å². The van der Waals surface area contributed by atoms with Gasteiger partial charge in [-0.05, 0) is 52.5 Å². The molecule has 0 atom stereocenters. The summed E-state index contributed by atoms with van der Waals surface area (Å²) in [7, 11) is 2.07. The molecule has 0 aromatic rings. The molecule has 96 valence electrons. The third-order valence-corrected chi connectivity index (χ3v) is 3.63. The minimum atomic E-state index is 0.00942. The number of rotatable bonds is 5. The van der Waals surface area contributed by atoms with Gasteiger partial charge in [0, 0.05) is 13.2 Å². The molecule has 0 heterocycles. The highest BCUT2D eigenvalue weighted by Crippen LogP contribution is 2.38. The van der Waals surface area contributed by atoms with Gasteiger partial charge in [-0.25, -0.2) is 0 Å². The zero-order chi connectivity index (χ0) is 12.1. The summed E-state index contributed by atoms with van der Waals surface area (Å²) in [6, 6.07) is 0. The third kappa shape index (κ3) is 4.84.